The highest BCUT2D eigenvalue weighted by Crippen LogP contribution is 2.25. The fourth-order valence-corrected chi connectivity index (χ4v) is 3.82. The molecule has 1 aliphatic rings. The molecule has 0 spiro atoms. The first-order valence-corrected chi connectivity index (χ1v) is 10.6. The highest BCUT2D eigenvalue weighted by Gasteiger charge is 2.34. The zero-order valence-corrected chi connectivity index (χ0v) is 18.2. The number of rotatable bonds is 7. The molecule has 0 bridgehead atoms. The third-order valence-electron chi connectivity index (χ3n) is 5.79. The Balaban J connectivity index is 1.60. The predicted molar refractivity (Wildman–Crippen MR) is 120 cm³/mol. The van der Waals surface area contributed by atoms with E-state index >= 15 is 0 Å². The molecule has 0 amide bonds. The average Bonchev–Trinajstić information content (AvgIpc) is 2.77. The first-order chi connectivity index (χ1) is 14.5. The van der Waals surface area contributed by atoms with Crippen molar-refractivity contribution < 1.29 is 9.13 Å². The Morgan fingerprint density at radius 2 is 1.87 bits per heavy atom. The van der Waals surface area contributed by atoms with E-state index in [0.29, 0.717) is 18.1 Å². The molecular formula is C24H33FN4O. The molecule has 0 aliphatic carbocycles. The van der Waals surface area contributed by atoms with Gasteiger partial charge in [0.15, 0.2) is 5.96 Å². The van der Waals surface area contributed by atoms with Crippen LogP contribution in [0.15, 0.2) is 53.5 Å². The fourth-order valence-electron chi connectivity index (χ4n) is 3.82. The van der Waals surface area contributed by atoms with Crippen LogP contribution in [-0.4, -0.2) is 38.3 Å². The topological polar surface area (TPSA) is 57.7 Å². The highest BCUT2D eigenvalue weighted by atomic mass is 19.1. The van der Waals surface area contributed by atoms with Gasteiger partial charge in [-0.05, 0) is 49.4 Å². The second-order valence-corrected chi connectivity index (χ2v) is 8.03. The Labute approximate surface area is 179 Å². The van der Waals surface area contributed by atoms with Crippen molar-refractivity contribution in [2.75, 3.05) is 26.8 Å². The standard InChI is InChI=1S/C24H33FN4O/c1-18-9-10-20(15-22(18)25)16-27-23(26-3)28-17-24(11-13-30-14-12-24)29-19(2)21-7-5-4-6-8-21/h4-10,15,19,29H,11-14,16-17H2,1-3H3,(H2,26,27,28). The van der Waals surface area contributed by atoms with Gasteiger partial charge in [0.2, 0.25) is 0 Å². The Hall–Kier alpha value is -2.44. The number of aryl methyl sites for hydroxylation is 1. The van der Waals surface area contributed by atoms with Gasteiger partial charge in [0.1, 0.15) is 5.82 Å². The third-order valence-corrected chi connectivity index (χ3v) is 5.79. The summed E-state index contributed by atoms with van der Waals surface area (Å²) in [6.07, 6.45) is 1.86. The second kappa shape index (κ2) is 10.5. The smallest absolute Gasteiger partial charge is 0.191 e. The van der Waals surface area contributed by atoms with Gasteiger partial charge in [-0.25, -0.2) is 4.39 Å². The molecule has 1 aliphatic heterocycles. The van der Waals surface area contributed by atoms with E-state index in [1.54, 1.807) is 26.1 Å². The molecular weight excluding hydrogens is 379 g/mol. The van der Waals surface area contributed by atoms with Gasteiger partial charge >= 0.3 is 0 Å². The summed E-state index contributed by atoms with van der Waals surface area (Å²) in [6, 6.07) is 16.0. The molecule has 30 heavy (non-hydrogen) atoms. The molecule has 2 aromatic rings. The lowest BCUT2D eigenvalue weighted by Crippen LogP contribution is -2.58. The second-order valence-electron chi connectivity index (χ2n) is 8.03. The number of guanidine groups is 1. The van der Waals surface area contributed by atoms with Crippen LogP contribution in [0.3, 0.4) is 0 Å². The van der Waals surface area contributed by atoms with E-state index in [1.165, 1.54) is 5.56 Å². The molecule has 2 aromatic carbocycles. The van der Waals surface area contributed by atoms with E-state index in [1.807, 2.05) is 12.1 Å². The van der Waals surface area contributed by atoms with Crippen LogP contribution in [0.1, 0.15) is 42.5 Å². The van der Waals surface area contributed by atoms with Crippen LogP contribution in [0.5, 0.6) is 0 Å². The van der Waals surface area contributed by atoms with Gasteiger partial charge in [0, 0.05) is 44.9 Å². The van der Waals surface area contributed by atoms with Crippen molar-refractivity contribution in [3.05, 3.63) is 71.0 Å². The number of ether oxygens (including phenoxy) is 1. The van der Waals surface area contributed by atoms with Crippen LogP contribution in [0.4, 0.5) is 4.39 Å². The van der Waals surface area contributed by atoms with Gasteiger partial charge in [0.25, 0.3) is 0 Å². The Kier molecular flexibility index (Phi) is 7.82. The van der Waals surface area contributed by atoms with E-state index in [2.05, 4.69) is 52.1 Å². The quantitative estimate of drug-likeness (QED) is 0.479. The van der Waals surface area contributed by atoms with Crippen molar-refractivity contribution in [1.82, 2.24) is 16.0 Å². The number of hydrogen-bond donors (Lipinski definition) is 3. The van der Waals surface area contributed by atoms with Crippen LogP contribution >= 0.6 is 0 Å². The zero-order chi connectivity index (χ0) is 21.4. The molecule has 1 unspecified atom stereocenters. The van der Waals surface area contributed by atoms with Gasteiger partial charge in [0.05, 0.1) is 0 Å². The number of halogens is 1. The van der Waals surface area contributed by atoms with E-state index < -0.39 is 0 Å². The maximum absolute atomic E-state index is 13.8. The van der Waals surface area contributed by atoms with Gasteiger partial charge < -0.3 is 20.7 Å². The lowest BCUT2D eigenvalue weighted by molar-refractivity contribution is 0.0355. The van der Waals surface area contributed by atoms with Gasteiger partial charge in [-0.3, -0.25) is 4.99 Å². The lowest BCUT2D eigenvalue weighted by Gasteiger charge is -2.41. The first-order valence-electron chi connectivity index (χ1n) is 10.6. The van der Waals surface area contributed by atoms with Crippen LogP contribution in [0.2, 0.25) is 0 Å². The SMILES string of the molecule is CN=C(NCc1ccc(C)c(F)c1)NCC1(NC(C)c2ccccc2)CCOCC1. The number of hydrogen-bond acceptors (Lipinski definition) is 3. The normalized spacial score (nSPS) is 17.4. The number of aliphatic imine (C=N–C) groups is 1. The lowest BCUT2D eigenvalue weighted by atomic mass is 9.88. The number of nitrogens with zero attached hydrogens (tertiary/aromatic N) is 1. The van der Waals surface area contributed by atoms with E-state index in [-0.39, 0.29) is 17.4 Å². The fraction of sp³-hybridized carbons (Fsp3) is 0.458. The summed E-state index contributed by atoms with van der Waals surface area (Å²) in [7, 11) is 1.75. The average molecular weight is 413 g/mol. The monoisotopic (exact) mass is 412 g/mol. The number of nitrogens with one attached hydrogen (secondary N) is 3. The van der Waals surface area contributed by atoms with Crippen molar-refractivity contribution in [3.63, 3.8) is 0 Å². The molecule has 1 heterocycles. The minimum Gasteiger partial charge on any atom is -0.381 e. The summed E-state index contributed by atoms with van der Waals surface area (Å²) in [5.41, 5.74) is 2.73. The summed E-state index contributed by atoms with van der Waals surface area (Å²) in [4.78, 5) is 4.34. The third kappa shape index (κ3) is 6.03. The summed E-state index contributed by atoms with van der Waals surface area (Å²) >= 11 is 0. The minimum atomic E-state index is -0.183. The van der Waals surface area contributed by atoms with Crippen molar-refractivity contribution in [2.24, 2.45) is 4.99 Å². The Morgan fingerprint density at radius 1 is 1.13 bits per heavy atom. The maximum atomic E-state index is 13.8. The van der Waals surface area contributed by atoms with E-state index in [9.17, 15) is 4.39 Å². The maximum Gasteiger partial charge on any atom is 0.191 e. The van der Waals surface area contributed by atoms with Gasteiger partial charge in [-0.15, -0.1) is 0 Å². The molecule has 5 nitrogen and oxygen atoms in total. The molecule has 3 N–H and O–H groups in total. The van der Waals surface area contributed by atoms with E-state index in [0.717, 1.165) is 38.2 Å². The summed E-state index contributed by atoms with van der Waals surface area (Å²) < 4.78 is 19.4. The molecule has 1 atom stereocenters. The molecule has 1 saturated heterocycles. The largest absolute Gasteiger partial charge is 0.381 e. The predicted octanol–water partition coefficient (Wildman–Crippen LogP) is 3.70. The molecule has 0 radical (unpaired) electrons. The summed E-state index contributed by atoms with van der Waals surface area (Å²) in [5.74, 6) is 0.522. The Morgan fingerprint density at radius 3 is 2.53 bits per heavy atom. The van der Waals surface area contributed by atoms with Crippen molar-refractivity contribution >= 4 is 5.96 Å². The molecule has 162 valence electrons. The molecule has 3 rings (SSSR count). The Bertz CT molecular complexity index is 834. The van der Waals surface area contributed by atoms with Crippen molar-refractivity contribution in [3.8, 4) is 0 Å². The van der Waals surface area contributed by atoms with Crippen LogP contribution < -0.4 is 16.0 Å². The minimum absolute atomic E-state index is 0.0822. The summed E-state index contributed by atoms with van der Waals surface area (Å²) in [5, 5.41) is 10.6. The van der Waals surface area contributed by atoms with Crippen molar-refractivity contribution in [1.29, 1.82) is 0 Å². The number of benzene rings is 2. The molecule has 0 saturated carbocycles. The highest BCUT2D eigenvalue weighted by molar-refractivity contribution is 5.79. The van der Waals surface area contributed by atoms with Gasteiger partial charge in [-0.2, -0.15) is 0 Å². The molecule has 6 heteroatoms. The van der Waals surface area contributed by atoms with Crippen LogP contribution in [0.25, 0.3) is 0 Å². The van der Waals surface area contributed by atoms with Gasteiger partial charge in [-0.1, -0.05) is 42.5 Å². The molecule has 0 aromatic heterocycles. The van der Waals surface area contributed by atoms with Crippen LogP contribution in [0, 0.1) is 12.7 Å². The zero-order valence-electron chi connectivity index (χ0n) is 18.2. The van der Waals surface area contributed by atoms with Crippen molar-refractivity contribution in [2.45, 2.75) is 44.8 Å². The summed E-state index contributed by atoms with van der Waals surface area (Å²) in [6.45, 7) is 6.70. The first kappa shape index (κ1) is 22.2. The molecule has 1 fully saturated rings. The van der Waals surface area contributed by atoms with Crippen LogP contribution in [-0.2, 0) is 11.3 Å². The van der Waals surface area contributed by atoms with E-state index in [4.69, 9.17) is 4.74 Å².